The zero-order valence-electron chi connectivity index (χ0n) is 21.9. The second kappa shape index (κ2) is 13.8. The fourth-order valence-electron chi connectivity index (χ4n) is 4.98. The summed E-state index contributed by atoms with van der Waals surface area (Å²) in [6.07, 6.45) is 6.72. The van der Waals surface area contributed by atoms with Crippen molar-refractivity contribution in [2.75, 3.05) is 39.8 Å². The molecule has 0 spiro atoms. The molecule has 1 aliphatic heterocycles. The van der Waals surface area contributed by atoms with E-state index in [2.05, 4.69) is 29.4 Å². The summed E-state index contributed by atoms with van der Waals surface area (Å²) in [5.41, 5.74) is 0.374. The van der Waals surface area contributed by atoms with Gasteiger partial charge in [0.25, 0.3) is 5.91 Å². The van der Waals surface area contributed by atoms with Gasteiger partial charge in [-0.3, -0.25) is 19.3 Å². The maximum absolute atomic E-state index is 13.2. The van der Waals surface area contributed by atoms with E-state index in [0.29, 0.717) is 67.2 Å². The fraction of sp³-hybridized carbons (Fsp3) is 0.667. The SMILES string of the molecule is CC(C)C[C@H]1COc2ccc(Cl)cc2C(=O)NCCCCN(C(=O)CN(C)C2CCCC2)CC(=O)N1. The molecule has 0 radical (unpaired) electrons. The molecule has 0 aromatic heterocycles. The first-order chi connectivity index (χ1) is 17.2. The van der Waals surface area contributed by atoms with Crippen LogP contribution in [0.5, 0.6) is 5.75 Å². The first kappa shape index (κ1) is 28.3. The van der Waals surface area contributed by atoms with Crippen LogP contribution in [0.15, 0.2) is 18.2 Å². The van der Waals surface area contributed by atoms with Gasteiger partial charge in [-0.15, -0.1) is 0 Å². The Morgan fingerprint density at radius 1 is 1.19 bits per heavy atom. The van der Waals surface area contributed by atoms with E-state index in [0.717, 1.165) is 12.8 Å². The van der Waals surface area contributed by atoms with Gasteiger partial charge in [0.1, 0.15) is 12.4 Å². The van der Waals surface area contributed by atoms with Crippen molar-refractivity contribution >= 4 is 29.3 Å². The lowest BCUT2D eigenvalue weighted by atomic mass is 10.0. The zero-order valence-corrected chi connectivity index (χ0v) is 22.6. The molecule has 1 aromatic carbocycles. The summed E-state index contributed by atoms with van der Waals surface area (Å²) in [5.74, 6) is 0.277. The molecule has 1 aliphatic carbocycles. The Labute approximate surface area is 220 Å². The summed E-state index contributed by atoms with van der Waals surface area (Å²) in [5, 5.41) is 6.45. The highest BCUT2D eigenvalue weighted by molar-refractivity contribution is 6.31. The number of benzene rings is 1. The van der Waals surface area contributed by atoms with E-state index in [1.165, 1.54) is 12.8 Å². The Morgan fingerprint density at radius 3 is 2.67 bits per heavy atom. The molecule has 1 atom stereocenters. The van der Waals surface area contributed by atoms with Crippen molar-refractivity contribution in [2.24, 2.45) is 5.92 Å². The number of halogens is 1. The maximum Gasteiger partial charge on any atom is 0.255 e. The van der Waals surface area contributed by atoms with Crippen molar-refractivity contribution < 1.29 is 19.1 Å². The fourth-order valence-corrected chi connectivity index (χ4v) is 5.16. The molecular formula is C27H41ClN4O4. The minimum absolute atomic E-state index is 0.0183. The number of ether oxygens (including phenoxy) is 1. The van der Waals surface area contributed by atoms with Crippen LogP contribution in [0.1, 0.15) is 69.2 Å². The van der Waals surface area contributed by atoms with Crippen LogP contribution in [0, 0.1) is 5.92 Å². The van der Waals surface area contributed by atoms with E-state index < -0.39 is 0 Å². The molecule has 1 aromatic rings. The van der Waals surface area contributed by atoms with E-state index in [9.17, 15) is 14.4 Å². The molecule has 36 heavy (non-hydrogen) atoms. The Bertz CT molecular complexity index is 904. The van der Waals surface area contributed by atoms with Crippen LogP contribution >= 0.6 is 11.6 Å². The van der Waals surface area contributed by atoms with Gasteiger partial charge in [0, 0.05) is 24.2 Å². The number of carbonyl (C=O) groups excluding carboxylic acids is 3. The Hall–Kier alpha value is -2.32. The molecule has 2 aliphatic rings. The number of nitrogens with one attached hydrogen (secondary N) is 2. The lowest BCUT2D eigenvalue weighted by molar-refractivity contribution is -0.137. The molecule has 1 saturated carbocycles. The second-order valence-corrected chi connectivity index (χ2v) is 10.9. The predicted octanol–water partition coefficient (Wildman–Crippen LogP) is 3.48. The second-order valence-electron chi connectivity index (χ2n) is 10.5. The number of amides is 3. The molecule has 1 heterocycles. The van der Waals surface area contributed by atoms with Gasteiger partial charge in [-0.05, 0) is 63.3 Å². The van der Waals surface area contributed by atoms with Gasteiger partial charge in [0.2, 0.25) is 11.8 Å². The van der Waals surface area contributed by atoms with Crippen LogP contribution in [-0.4, -0.2) is 79.4 Å². The van der Waals surface area contributed by atoms with Crippen molar-refractivity contribution in [1.29, 1.82) is 0 Å². The first-order valence-electron chi connectivity index (χ1n) is 13.2. The first-order valence-corrected chi connectivity index (χ1v) is 13.6. The quantitative estimate of drug-likeness (QED) is 0.620. The number of hydrogen-bond donors (Lipinski definition) is 2. The average Bonchev–Trinajstić information content (AvgIpc) is 3.36. The van der Waals surface area contributed by atoms with Gasteiger partial charge in [-0.1, -0.05) is 38.3 Å². The van der Waals surface area contributed by atoms with Gasteiger partial charge >= 0.3 is 0 Å². The smallest absolute Gasteiger partial charge is 0.255 e. The van der Waals surface area contributed by atoms with Gasteiger partial charge in [-0.2, -0.15) is 0 Å². The molecule has 0 saturated heterocycles. The van der Waals surface area contributed by atoms with Crippen molar-refractivity contribution in [3.8, 4) is 5.75 Å². The summed E-state index contributed by atoms with van der Waals surface area (Å²) in [7, 11) is 2.00. The lowest BCUT2D eigenvalue weighted by Crippen LogP contribution is -2.49. The molecule has 1 fully saturated rings. The van der Waals surface area contributed by atoms with Crippen LogP contribution in [0.3, 0.4) is 0 Å². The molecule has 9 heteroatoms. The van der Waals surface area contributed by atoms with Crippen molar-refractivity contribution in [1.82, 2.24) is 20.4 Å². The highest BCUT2D eigenvalue weighted by Crippen LogP contribution is 2.24. The summed E-state index contributed by atoms with van der Waals surface area (Å²) >= 11 is 6.14. The van der Waals surface area contributed by atoms with Crippen LogP contribution in [-0.2, 0) is 9.59 Å². The van der Waals surface area contributed by atoms with Crippen LogP contribution < -0.4 is 15.4 Å². The predicted molar refractivity (Wildman–Crippen MR) is 141 cm³/mol. The number of carbonyl (C=O) groups is 3. The minimum Gasteiger partial charge on any atom is -0.491 e. The zero-order chi connectivity index (χ0) is 26.1. The molecule has 2 N–H and O–H groups in total. The molecule has 3 amide bonds. The Balaban J connectivity index is 1.73. The summed E-state index contributed by atoms with van der Waals surface area (Å²) in [4.78, 5) is 42.9. The third-order valence-electron chi connectivity index (χ3n) is 6.91. The van der Waals surface area contributed by atoms with Gasteiger partial charge in [-0.25, -0.2) is 0 Å². The Kier molecular flexibility index (Phi) is 10.9. The third-order valence-corrected chi connectivity index (χ3v) is 7.14. The largest absolute Gasteiger partial charge is 0.491 e. The lowest BCUT2D eigenvalue weighted by Gasteiger charge is -2.29. The highest BCUT2D eigenvalue weighted by Gasteiger charge is 2.26. The molecule has 0 bridgehead atoms. The van der Waals surface area contributed by atoms with Crippen LogP contribution in [0.4, 0.5) is 0 Å². The normalized spacial score (nSPS) is 20.8. The summed E-state index contributed by atoms with van der Waals surface area (Å²) < 4.78 is 6.01. The average molecular weight is 521 g/mol. The number of fused-ring (bicyclic) bond motifs is 1. The van der Waals surface area contributed by atoms with Gasteiger partial charge < -0.3 is 20.3 Å². The number of likely N-dealkylation sites (N-methyl/N-ethyl adjacent to an activating group) is 1. The standard InChI is InChI=1S/C27H41ClN4O4/c1-19(2)14-21-18-36-24-11-10-20(28)15-23(24)27(35)29-12-6-7-13-32(16-25(33)30-21)26(34)17-31(3)22-8-4-5-9-22/h10-11,15,19,21-22H,4-9,12-14,16-18H2,1-3H3,(H,29,35)(H,30,33)/t21-/m0/s1. The third kappa shape index (κ3) is 8.66. The van der Waals surface area contributed by atoms with E-state index in [-0.39, 0.29) is 36.9 Å². The number of nitrogens with zero attached hydrogens (tertiary/aromatic N) is 2. The maximum atomic E-state index is 13.2. The van der Waals surface area contributed by atoms with E-state index in [4.69, 9.17) is 16.3 Å². The summed E-state index contributed by atoms with van der Waals surface area (Å²) in [6, 6.07) is 5.15. The van der Waals surface area contributed by atoms with Crippen molar-refractivity contribution in [2.45, 2.75) is 70.9 Å². The summed E-state index contributed by atoms with van der Waals surface area (Å²) in [6.45, 7) is 5.62. The topological polar surface area (TPSA) is 91.0 Å². The van der Waals surface area contributed by atoms with Gasteiger partial charge in [0.05, 0.1) is 24.7 Å². The number of rotatable bonds is 5. The number of hydrogen-bond acceptors (Lipinski definition) is 5. The molecular weight excluding hydrogens is 480 g/mol. The molecule has 200 valence electrons. The highest BCUT2D eigenvalue weighted by atomic mass is 35.5. The van der Waals surface area contributed by atoms with Crippen LogP contribution in [0.2, 0.25) is 5.02 Å². The van der Waals surface area contributed by atoms with E-state index in [1.54, 1.807) is 23.1 Å². The van der Waals surface area contributed by atoms with Crippen LogP contribution in [0.25, 0.3) is 0 Å². The Morgan fingerprint density at radius 2 is 1.94 bits per heavy atom. The molecule has 3 rings (SSSR count). The molecule has 0 unspecified atom stereocenters. The van der Waals surface area contributed by atoms with E-state index >= 15 is 0 Å². The van der Waals surface area contributed by atoms with Crippen molar-refractivity contribution in [3.05, 3.63) is 28.8 Å². The van der Waals surface area contributed by atoms with Gasteiger partial charge in [0.15, 0.2) is 0 Å². The van der Waals surface area contributed by atoms with Crippen molar-refractivity contribution in [3.63, 3.8) is 0 Å². The molecule has 8 nitrogen and oxygen atoms in total. The van der Waals surface area contributed by atoms with E-state index in [1.807, 2.05) is 7.05 Å². The monoisotopic (exact) mass is 520 g/mol. The minimum atomic E-state index is -0.257.